The van der Waals surface area contributed by atoms with Crippen LogP contribution in [0.2, 0.25) is 5.02 Å². The lowest BCUT2D eigenvalue weighted by Gasteiger charge is -2.41. The van der Waals surface area contributed by atoms with E-state index in [9.17, 15) is 0 Å². The molecule has 7 heteroatoms. The lowest BCUT2D eigenvalue weighted by Crippen LogP contribution is -2.54. The van der Waals surface area contributed by atoms with Crippen LogP contribution in [0.4, 0.5) is 0 Å². The first-order chi connectivity index (χ1) is 12.6. The number of ether oxygens (including phenoxy) is 2. The van der Waals surface area contributed by atoms with Gasteiger partial charge < -0.3 is 14.4 Å². The molecule has 3 atom stereocenters. The number of fused-ring (bicyclic) bond motifs is 1. The molecule has 140 valence electrons. The average Bonchev–Trinajstić information content (AvgIpc) is 2.65. The van der Waals surface area contributed by atoms with Gasteiger partial charge in [-0.3, -0.25) is 9.98 Å². The Labute approximate surface area is 159 Å². The standard InChI is InChI=1S/C19H25ClN4O2/c1-5-13(10-25-3)24-9-12(2)23-18-17(21-11-22-19(18)24)15-7-6-14(26-4)8-16(15)20/h6-8,11,13,17-18H,5,9-10H2,1-4H3. The zero-order valence-electron chi connectivity index (χ0n) is 15.6. The van der Waals surface area contributed by atoms with Crippen LogP contribution in [0.3, 0.4) is 0 Å². The third-order valence-electron chi connectivity index (χ3n) is 4.83. The molecule has 1 aromatic carbocycles. The molecule has 26 heavy (non-hydrogen) atoms. The number of halogens is 1. The van der Waals surface area contributed by atoms with E-state index >= 15 is 0 Å². The van der Waals surface area contributed by atoms with Crippen LogP contribution < -0.4 is 4.74 Å². The molecular weight excluding hydrogens is 352 g/mol. The fraction of sp³-hybridized carbons (Fsp3) is 0.526. The van der Waals surface area contributed by atoms with Crippen molar-refractivity contribution in [1.82, 2.24) is 4.90 Å². The normalized spacial score (nSPS) is 23.2. The zero-order chi connectivity index (χ0) is 18.7. The average molecular weight is 377 g/mol. The van der Waals surface area contributed by atoms with Gasteiger partial charge in [0.1, 0.15) is 30.0 Å². The number of amidine groups is 1. The fourth-order valence-corrected chi connectivity index (χ4v) is 3.79. The molecule has 3 rings (SSSR count). The van der Waals surface area contributed by atoms with Crippen molar-refractivity contribution in [3.05, 3.63) is 28.8 Å². The number of nitrogens with zero attached hydrogens (tertiary/aromatic N) is 4. The van der Waals surface area contributed by atoms with E-state index in [1.165, 1.54) is 0 Å². The minimum Gasteiger partial charge on any atom is -0.497 e. The van der Waals surface area contributed by atoms with E-state index in [0.29, 0.717) is 11.6 Å². The molecule has 0 radical (unpaired) electrons. The monoisotopic (exact) mass is 376 g/mol. The Morgan fingerprint density at radius 3 is 2.77 bits per heavy atom. The quantitative estimate of drug-likeness (QED) is 0.764. The second-order valence-electron chi connectivity index (χ2n) is 6.54. The van der Waals surface area contributed by atoms with Gasteiger partial charge in [0.05, 0.1) is 26.3 Å². The van der Waals surface area contributed by atoms with E-state index in [0.717, 1.165) is 35.8 Å². The van der Waals surface area contributed by atoms with Crippen molar-refractivity contribution in [2.24, 2.45) is 15.0 Å². The summed E-state index contributed by atoms with van der Waals surface area (Å²) in [6.07, 6.45) is 2.59. The van der Waals surface area contributed by atoms with Crippen LogP contribution in [0, 0.1) is 0 Å². The molecule has 0 saturated heterocycles. The van der Waals surface area contributed by atoms with Crippen molar-refractivity contribution in [3.63, 3.8) is 0 Å². The topological polar surface area (TPSA) is 58.8 Å². The highest BCUT2D eigenvalue weighted by Gasteiger charge is 2.38. The molecule has 0 aromatic heterocycles. The zero-order valence-corrected chi connectivity index (χ0v) is 16.4. The van der Waals surface area contributed by atoms with Crippen LogP contribution in [-0.2, 0) is 4.74 Å². The van der Waals surface area contributed by atoms with Crippen molar-refractivity contribution in [2.45, 2.75) is 38.4 Å². The largest absolute Gasteiger partial charge is 0.497 e. The summed E-state index contributed by atoms with van der Waals surface area (Å²) in [7, 11) is 3.36. The Kier molecular flexibility index (Phi) is 5.94. The number of benzene rings is 1. The van der Waals surface area contributed by atoms with Crippen LogP contribution in [0.25, 0.3) is 0 Å². The number of hydrogen-bond donors (Lipinski definition) is 0. The van der Waals surface area contributed by atoms with Gasteiger partial charge >= 0.3 is 0 Å². The summed E-state index contributed by atoms with van der Waals surface area (Å²) in [4.78, 5) is 16.3. The molecule has 2 aliphatic rings. The summed E-state index contributed by atoms with van der Waals surface area (Å²) in [5.74, 6) is 1.66. The second kappa shape index (κ2) is 8.18. The van der Waals surface area contributed by atoms with Crippen molar-refractivity contribution in [1.29, 1.82) is 0 Å². The van der Waals surface area contributed by atoms with Gasteiger partial charge in [-0.1, -0.05) is 24.6 Å². The van der Waals surface area contributed by atoms with Crippen molar-refractivity contribution in [2.75, 3.05) is 27.4 Å². The first-order valence-corrected chi connectivity index (χ1v) is 9.18. The van der Waals surface area contributed by atoms with Gasteiger partial charge in [0.25, 0.3) is 0 Å². The molecule has 6 nitrogen and oxygen atoms in total. The van der Waals surface area contributed by atoms with Crippen molar-refractivity contribution < 1.29 is 9.47 Å². The van der Waals surface area contributed by atoms with Crippen LogP contribution in [0.15, 0.2) is 33.2 Å². The molecule has 0 spiro atoms. The molecule has 0 bridgehead atoms. The lowest BCUT2D eigenvalue weighted by atomic mass is 9.95. The van der Waals surface area contributed by atoms with Gasteiger partial charge in [0.15, 0.2) is 0 Å². The Bertz CT molecular complexity index is 747. The third kappa shape index (κ3) is 3.62. The van der Waals surface area contributed by atoms with Gasteiger partial charge in [-0.05, 0) is 31.0 Å². The number of hydrogen-bond acceptors (Lipinski definition) is 6. The number of methoxy groups -OCH3 is 2. The van der Waals surface area contributed by atoms with Crippen LogP contribution in [0.5, 0.6) is 5.75 Å². The van der Waals surface area contributed by atoms with E-state index in [4.69, 9.17) is 26.1 Å². The smallest absolute Gasteiger partial charge is 0.134 e. The molecule has 2 aliphatic heterocycles. The molecule has 0 N–H and O–H groups in total. The molecule has 2 heterocycles. The van der Waals surface area contributed by atoms with E-state index < -0.39 is 0 Å². The molecule has 0 saturated carbocycles. The van der Waals surface area contributed by atoms with E-state index in [1.807, 2.05) is 25.1 Å². The van der Waals surface area contributed by atoms with Gasteiger partial charge in [-0.2, -0.15) is 0 Å². The first kappa shape index (κ1) is 18.9. The number of rotatable bonds is 6. The highest BCUT2D eigenvalue weighted by Crippen LogP contribution is 2.36. The van der Waals surface area contributed by atoms with Gasteiger partial charge in [-0.25, -0.2) is 4.99 Å². The maximum atomic E-state index is 6.51. The van der Waals surface area contributed by atoms with Crippen LogP contribution in [0.1, 0.15) is 31.9 Å². The summed E-state index contributed by atoms with van der Waals surface area (Å²) < 4.78 is 10.7. The molecule has 0 aliphatic carbocycles. The Hall–Kier alpha value is -1.92. The second-order valence-corrected chi connectivity index (χ2v) is 6.95. The maximum Gasteiger partial charge on any atom is 0.134 e. The lowest BCUT2D eigenvalue weighted by molar-refractivity contribution is 0.128. The minimum absolute atomic E-state index is 0.175. The molecular formula is C19H25ClN4O2. The maximum absolute atomic E-state index is 6.51. The third-order valence-corrected chi connectivity index (χ3v) is 5.16. The molecule has 0 fully saturated rings. The Morgan fingerprint density at radius 2 is 2.12 bits per heavy atom. The van der Waals surface area contributed by atoms with Gasteiger partial charge in [0.2, 0.25) is 0 Å². The Morgan fingerprint density at radius 1 is 1.31 bits per heavy atom. The van der Waals surface area contributed by atoms with E-state index in [2.05, 4.69) is 21.8 Å². The van der Waals surface area contributed by atoms with Crippen molar-refractivity contribution in [3.8, 4) is 5.75 Å². The molecule has 3 unspecified atom stereocenters. The summed E-state index contributed by atoms with van der Waals surface area (Å²) in [6.45, 7) is 5.62. The highest BCUT2D eigenvalue weighted by molar-refractivity contribution is 6.31. The summed E-state index contributed by atoms with van der Waals surface area (Å²) >= 11 is 6.51. The number of aliphatic imine (C=N–C) groups is 3. The van der Waals surface area contributed by atoms with E-state index in [-0.39, 0.29) is 18.1 Å². The minimum atomic E-state index is -0.196. The fourth-order valence-electron chi connectivity index (χ4n) is 3.50. The predicted octanol–water partition coefficient (Wildman–Crippen LogP) is 3.40. The van der Waals surface area contributed by atoms with Gasteiger partial charge in [0, 0.05) is 17.8 Å². The van der Waals surface area contributed by atoms with E-state index in [1.54, 1.807) is 20.6 Å². The van der Waals surface area contributed by atoms with Crippen LogP contribution >= 0.6 is 11.6 Å². The Balaban J connectivity index is 1.96. The molecule has 1 aromatic rings. The van der Waals surface area contributed by atoms with Crippen molar-refractivity contribution >= 4 is 29.5 Å². The summed E-state index contributed by atoms with van der Waals surface area (Å²) in [6, 6.07) is 5.56. The highest BCUT2D eigenvalue weighted by atomic mass is 35.5. The van der Waals surface area contributed by atoms with Gasteiger partial charge in [-0.15, -0.1) is 0 Å². The van der Waals surface area contributed by atoms with Crippen LogP contribution in [-0.4, -0.2) is 62.2 Å². The molecule has 0 amide bonds. The predicted molar refractivity (Wildman–Crippen MR) is 106 cm³/mol. The first-order valence-electron chi connectivity index (χ1n) is 8.80. The SMILES string of the molecule is CCC(COC)N1CC(C)=NC2C1=NC=NC2c1ccc(OC)cc1Cl. The summed E-state index contributed by atoms with van der Waals surface area (Å²) in [5.41, 5.74) is 1.99. The summed E-state index contributed by atoms with van der Waals surface area (Å²) in [5, 5.41) is 0.627.